The van der Waals surface area contributed by atoms with Gasteiger partial charge < -0.3 is 15.1 Å². The van der Waals surface area contributed by atoms with Crippen LogP contribution in [0.2, 0.25) is 0 Å². The van der Waals surface area contributed by atoms with Gasteiger partial charge in [0, 0.05) is 44.5 Å². The molecule has 142 valence electrons. The smallest absolute Gasteiger partial charge is 0.321 e. The van der Waals surface area contributed by atoms with Crippen molar-refractivity contribution in [3.63, 3.8) is 0 Å². The molecule has 0 aromatic carbocycles. The van der Waals surface area contributed by atoms with E-state index in [0.29, 0.717) is 37.0 Å². The molecule has 1 saturated heterocycles. The molecule has 2 aliphatic rings. The number of anilines is 1. The van der Waals surface area contributed by atoms with E-state index in [1.165, 1.54) is 11.3 Å². The Hall–Kier alpha value is -2.16. The van der Waals surface area contributed by atoms with Gasteiger partial charge in [-0.3, -0.25) is 14.9 Å². The Morgan fingerprint density at radius 1 is 1.15 bits per heavy atom. The molecule has 0 spiro atoms. The van der Waals surface area contributed by atoms with Gasteiger partial charge in [-0.25, -0.2) is 9.78 Å². The second kappa shape index (κ2) is 8.48. The van der Waals surface area contributed by atoms with Gasteiger partial charge in [-0.15, -0.1) is 11.3 Å². The highest BCUT2D eigenvalue weighted by atomic mass is 32.1. The van der Waals surface area contributed by atoms with Crippen LogP contribution in [0.1, 0.15) is 38.3 Å². The molecule has 9 heteroatoms. The van der Waals surface area contributed by atoms with Gasteiger partial charge in [0.25, 0.3) is 0 Å². The SMILES string of the molecule is CC(=O)N1CCN(C(=O)Cc2csc(NC(=O)NC3CCCC3)n2)CC1. The van der Waals surface area contributed by atoms with Crippen molar-refractivity contribution in [3.05, 3.63) is 11.1 Å². The van der Waals surface area contributed by atoms with E-state index >= 15 is 0 Å². The number of amides is 4. The van der Waals surface area contributed by atoms with Gasteiger partial charge in [-0.1, -0.05) is 12.8 Å². The van der Waals surface area contributed by atoms with Crippen LogP contribution in [0.3, 0.4) is 0 Å². The van der Waals surface area contributed by atoms with Gasteiger partial charge in [-0.05, 0) is 12.8 Å². The maximum Gasteiger partial charge on any atom is 0.321 e. The molecule has 1 aromatic rings. The molecule has 1 aromatic heterocycles. The summed E-state index contributed by atoms with van der Waals surface area (Å²) < 4.78 is 0. The van der Waals surface area contributed by atoms with Crippen molar-refractivity contribution >= 4 is 34.3 Å². The molecule has 1 saturated carbocycles. The molecule has 3 rings (SSSR count). The predicted octanol–water partition coefficient (Wildman–Crippen LogP) is 1.44. The summed E-state index contributed by atoms with van der Waals surface area (Å²) in [6, 6.07) is 0.0224. The van der Waals surface area contributed by atoms with Crippen LogP contribution in [0.25, 0.3) is 0 Å². The van der Waals surface area contributed by atoms with Crippen LogP contribution >= 0.6 is 11.3 Å². The third-order valence-electron chi connectivity index (χ3n) is 4.87. The maximum absolute atomic E-state index is 12.4. The molecule has 0 unspecified atom stereocenters. The lowest BCUT2D eigenvalue weighted by Gasteiger charge is -2.34. The molecule has 0 atom stereocenters. The van der Waals surface area contributed by atoms with Crippen molar-refractivity contribution in [1.82, 2.24) is 20.1 Å². The quantitative estimate of drug-likeness (QED) is 0.828. The van der Waals surface area contributed by atoms with Crippen LogP contribution in [0.5, 0.6) is 0 Å². The van der Waals surface area contributed by atoms with E-state index in [0.717, 1.165) is 25.7 Å². The normalized spacial score (nSPS) is 18.0. The number of thiazole rings is 1. The molecule has 4 amide bonds. The summed E-state index contributed by atoms with van der Waals surface area (Å²) >= 11 is 1.32. The summed E-state index contributed by atoms with van der Waals surface area (Å²) in [7, 11) is 0. The highest BCUT2D eigenvalue weighted by Gasteiger charge is 2.23. The third-order valence-corrected chi connectivity index (χ3v) is 5.68. The van der Waals surface area contributed by atoms with Crippen LogP contribution in [0.15, 0.2) is 5.38 Å². The van der Waals surface area contributed by atoms with E-state index in [4.69, 9.17) is 0 Å². The Kier molecular flexibility index (Phi) is 6.08. The van der Waals surface area contributed by atoms with Gasteiger partial charge in [0.15, 0.2) is 5.13 Å². The third kappa shape index (κ3) is 4.94. The minimum atomic E-state index is -0.232. The number of urea groups is 1. The first-order chi connectivity index (χ1) is 12.5. The van der Waals surface area contributed by atoms with E-state index in [9.17, 15) is 14.4 Å². The summed E-state index contributed by atoms with van der Waals surface area (Å²) in [5, 5.41) is 8.00. The van der Waals surface area contributed by atoms with Crippen LogP contribution in [0.4, 0.5) is 9.93 Å². The zero-order valence-electron chi connectivity index (χ0n) is 15.0. The van der Waals surface area contributed by atoms with Crippen molar-refractivity contribution < 1.29 is 14.4 Å². The fraction of sp³-hybridized carbons (Fsp3) is 0.647. The average Bonchev–Trinajstić information content (AvgIpc) is 3.27. The summed E-state index contributed by atoms with van der Waals surface area (Å²) in [6.45, 7) is 3.80. The van der Waals surface area contributed by atoms with Crippen LogP contribution in [-0.4, -0.2) is 64.9 Å². The Balaban J connectivity index is 1.45. The standard InChI is InChI=1S/C17H25N5O3S/c1-12(23)21-6-8-22(9-7-21)15(24)10-14-11-26-17(19-14)20-16(25)18-13-4-2-3-5-13/h11,13H,2-10H2,1H3,(H2,18,19,20,25). The number of piperazine rings is 1. The highest BCUT2D eigenvalue weighted by Crippen LogP contribution is 2.19. The number of carbonyl (C=O) groups is 3. The minimum absolute atomic E-state index is 0.000425. The van der Waals surface area contributed by atoms with Crippen LogP contribution in [0, 0.1) is 0 Å². The lowest BCUT2D eigenvalue weighted by Crippen LogP contribution is -2.50. The topological polar surface area (TPSA) is 94.6 Å². The van der Waals surface area contributed by atoms with Crippen molar-refractivity contribution in [2.24, 2.45) is 0 Å². The fourth-order valence-electron chi connectivity index (χ4n) is 3.37. The lowest BCUT2D eigenvalue weighted by molar-refractivity contribution is -0.138. The van der Waals surface area contributed by atoms with Crippen molar-refractivity contribution in [1.29, 1.82) is 0 Å². The fourth-order valence-corrected chi connectivity index (χ4v) is 4.08. The largest absolute Gasteiger partial charge is 0.339 e. The summed E-state index contributed by atoms with van der Waals surface area (Å²) in [5.74, 6) is 0.0451. The molecule has 1 aliphatic carbocycles. The Morgan fingerprint density at radius 2 is 1.81 bits per heavy atom. The van der Waals surface area contributed by atoms with Crippen LogP contribution < -0.4 is 10.6 Å². The number of hydrogen-bond donors (Lipinski definition) is 2. The first-order valence-electron chi connectivity index (χ1n) is 9.06. The van der Waals surface area contributed by atoms with Gasteiger partial charge in [-0.2, -0.15) is 0 Å². The van der Waals surface area contributed by atoms with E-state index in [1.54, 1.807) is 22.1 Å². The van der Waals surface area contributed by atoms with Crippen molar-refractivity contribution in [2.45, 2.75) is 45.1 Å². The second-order valence-corrected chi connectivity index (χ2v) is 7.65. The monoisotopic (exact) mass is 379 g/mol. The number of nitrogens with zero attached hydrogens (tertiary/aromatic N) is 3. The second-order valence-electron chi connectivity index (χ2n) is 6.79. The molecule has 1 aliphatic heterocycles. The molecule has 8 nitrogen and oxygen atoms in total. The zero-order valence-corrected chi connectivity index (χ0v) is 15.8. The Morgan fingerprint density at radius 3 is 2.46 bits per heavy atom. The van der Waals surface area contributed by atoms with Crippen molar-refractivity contribution in [2.75, 3.05) is 31.5 Å². The first kappa shape index (κ1) is 18.6. The maximum atomic E-state index is 12.4. The van der Waals surface area contributed by atoms with E-state index in [2.05, 4.69) is 15.6 Å². The summed E-state index contributed by atoms with van der Waals surface area (Å²) in [5.41, 5.74) is 0.658. The van der Waals surface area contributed by atoms with Crippen molar-refractivity contribution in [3.8, 4) is 0 Å². The molecule has 0 bridgehead atoms. The molecule has 2 fully saturated rings. The molecule has 26 heavy (non-hydrogen) atoms. The Bertz CT molecular complexity index is 663. The highest BCUT2D eigenvalue weighted by molar-refractivity contribution is 7.13. The minimum Gasteiger partial charge on any atom is -0.339 e. The van der Waals surface area contributed by atoms with Gasteiger partial charge in [0.2, 0.25) is 11.8 Å². The number of nitrogens with one attached hydrogen (secondary N) is 2. The van der Waals surface area contributed by atoms with E-state index in [1.807, 2.05) is 0 Å². The van der Waals surface area contributed by atoms with Gasteiger partial charge >= 0.3 is 6.03 Å². The number of aromatic nitrogens is 1. The average molecular weight is 379 g/mol. The lowest BCUT2D eigenvalue weighted by atomic mass is 10.2. The van der Waals surface area contributed by atoms with Gasteiger partial charge in [0.05, 0.1) is 12.1 Å². The molecule has 0 radical (unpaired) electrons. The first-order valence-corrected chi connectivity index (χ1v) is 9.94. The van der Waals surface area contributed by atoms with Crippen LogP contribution in [-0.2, 0) is 16.0 Å². The van der Waals surface area contributed by atoms with E-state index < -0.39 is 0 Å². The van der Waals surface area contributed by atoms with E-state index in [-0.39, 0.29) is 30.3 Å². The van der Waals surface area contributed by atoms with Gasteiger partial charge in [0.1, 0.15) is 0 Å². The zero-order chi connectivity index (χ0) is 18.5. The Labute approximate surface area is 156 Å². The number of hydrogen-bond acceptors (Lipinski definition) is 5. The molecule has 2 heterocycles. The predicted molar refractivity (Wildman–Crippen MR) is 99.1 cm³/mol. The number of carbonyl (C=O) groups excluding carboxylic acids is 3. The molecular formula is C17H25N5O3S. The summed E-state index contributed by atoms with van der Waals surface area (Å²) in [6.07, 6.45) is 4.59. The number of rotatable bonds is 4. The molecule has 2 N–H and O–H groups in total. The molecular weight excluding hydrogens is 354 g/mol. The summed E-state index contributed by atoms with van der Waals surface area (Å²) in [4.78, 5) is 43.6.